The summed E-state index contributed by atoms with van der Waals surface area (Å²) >= 11 is 0. The van der Waals surface area contributed by atoms with Crippen molar-refractivity contribution < 1.29 is 9.47 Å². The second-order valence-corrected chi connectivity index (χ2v) is 9.29. The van der Waals surface area contributed by atoms with E-state index in [2.05, 4.69) is 30.2 Å². The molecule has 10 nitrogen and oxygen atoms in total. The zero-order valence-corrected chi connectivity index (χ0v) is 21.0. The molecule has 1 atom stereocenters. The molecule has 1 unspecified atom stereocenters. The zero-order chi connectivity index (χ0) is 25.4. The SMILES string of the molecule is COC1CCCN(c2ncc3ncnc(Nc4ccc(Oc5ccc6c(c5)ncn6C)c(C)c4)c3n2)C1. The van der Waals surface area contributed by atoms with Crippen molar-refractivity contribution in [3.63, 3.8) is 0 Å². The fourth-order valence-corrected chi connectivity index (χ4v) is 4.69. The molecular weight excluding hydrogens is 468 g/mol. The molecular formula is C27H28N8O2. The molecule has 6 rings (SSSR count). The van der Waals surface area contributed by atoms with Crippen molar-refractivity contribution >= 4 is 39.5 Å². The van der Waals surface area contributed by atoms with Crippen molar-refractivity contribution in [3.05, 3.63) is 60.8 Å². The molecule has 2 aromatic carbocycles. The van der Waals surface area contributed by atoms with E-state index in [-0.39, 0.29) is 6.10 Å². The molecule has 10 heteroatoms. The van der Waals surface area contributed by atoms with Gasteiger partial charge in [-0.3, -0.25) is 0 Å². The summed E-state index contributed by atoms with van der Waals surface area (Å²) in [6, 6.07) is 11.9. The lowest BCUT2D eigenvalue weighted by molar-refractivity contribution is 0.0889. The molecule has 37 heavy (non-hydrogen) atoms. The first kappa shape index (κ1) is 23.1. The Labute approximate surface area is 214 Å². The number of fused-ring (bicyclic) bond motifs is 2. The Hall–Kier alpha value is -4.31. The van der Waals surface area contributed by atoms with Gasteiger partial charge in [-0.25, -0.2) is 24.9 Å². The van der Waals surface area contributed by atoms with Gasteiger partial charge in [-0.1, -0.05) is 0 Å². The van der Waals surface area contributed by atoms with E-state index in [9.17, 15) is 0 Å². The zero-order valence-electron chi connectivity index (χ0n) is 21.0. The van der Waals surface area contributed by atoms with Crippen LogP contribution >= 0.6 is 0 Å². The topological polar surface area (TPSA) is 103 Å². The summed E-state index contributed by atoms with van der Waals surface area (Å²) in [6.45, 7) is 3.68. The van der Waals surface area contributed by atoms with Gasteiger partial charge in [0.1, 0.15) is 28.9 Å². The Balaban J connectivity index is 1.24. The predicted octanol–water partition coefficient (Wildman–Crippen LogP) is 4.77. The normalized spacial score (nSPS) is 15.9. The van der Waals surface area contributed by atoms with Crippen LogP contribution in [0.1, 0.15) is 18.4 Å². The third kappa shape index (κ3) is 4.63. The van der Waals surface area contributed by atoms with Gasteiger partial charge in [-0.05, 0) is 55.7 Å². The maximum absolute atomic E-state index is 6.16. The molecule has 1 aliphatic rings. The minimum atomic E-state index is 0.187. The summed E-state index contributed by atoms with van der Waals surface area (Å²) in [5.41, 5.74) is 5.18. The largest absolute Gasteiger partial charge is 0.457 e. The van der Waals surface area contributed by atoms with Crippen LogP contribution in [0.4, 0.5) is 17.5 Å². The van der Waals surface area contributed by atoms with Gasteiger partial charge in [0.25, 0.3) is 0 Å². The van der Waals surface area contributed by atoms with Crippen molar-refractivity contribution in [2.45, 2.75) is 25.9 Å². The number of piperidine rings is 1. The van der Waals surface area contributed by atoms with Crippen LogP contribution in [0, 0.1) is 6.92 Å². The molecule has 1 aliphatic heterocycles. The number of rotatable bonds is 6. The summed E-state index contributed by atoms with van der Waals surface area (Å²) in [5.74, 6) is 2.81. The van der Waals surface area contributed by atoms with Crippen LogP contribution < -0.4 is 15.0 Å². The molecule has 0 radical (unpaired) electrons. The first-order valence-electron chi connectivity index (χ1n) is 12.3. The lowest BCUT2D eigenvalue weighted by Gasteiger charge is -2.31. The van der Waals surface area contributed by atoms with E-state index in [0.29, 0.717) is 22.8 Å². The van der Waals surface area contributed by atoms with E-state index in [1.54, 1.807) is 19.6 Å². The molecule has 188 valence electrons. The third-order valence-electron chi connectivity index (χ3n) is 6.72. The average Bonchev–Trinajstić information content (AvgIpc) is 3.30. The van der Waals surface area contributed by atoms with Crippen LogP contribution in [0.2, 0.25) is 0 Å². The van der Waals surface area contributed by atoms with E-state index in [0.717, 1.165) is 59.7 Å². The molecule has 0 spiro atoms. The number of imidazole rings is 1. The van der Waals surface area contributed by atoms with Gasteiger partial charge in [-0.2, -0.15) is 0 Å². The van der Waals surface area contributed by atoms with Crippen LogP contribution in [-0.4, -0.2) is 55.8 Å². The number of nitrogens with one attached hydrogen (secondary N) is 1. The van der Waals surface area contributed by atoms with Crippen molar-refractivity contribution in [1.29, 1.82) is 0 Å². The molecule has 5 aromatic rings. The Morgan fingerprint density at radius 1 is 1.03 bits per heavy atom. The van der Waals surface area contributed by atoms with E-state index >= 15 is 0 Å². The number of aromatic nitrogens is 6. The van der Waals surface area contributed by atoms with E-state index in [4.69, 9.17) is 14.5 Å². The first-order valence-corrected chi connectivity index (χ1v) is 12.3. The van der Waals surface area contributed by atoms with Gasteiger partial charge in [0.2, 0.25) is 5.95 Å². The quantitative estimate of drug-likeness (QED) is 0.356. The highest BCUT2D eigenvalue weighted by Gasteiger charge is 2.22. The van der Waals surface area contributed by atoms with Crippen molar-refractivity contribution in [2.75, 3.05) is 30.4 Å². The highest BCUT2D eigenvalue weighted by Crippen LogP contribution is 2.31. The maximum atomic E-state index is 6.16. The summed E-state index contributed by atoms with van der Waals surface area (Å²) < 4.78 is 13.7. The molecule has 0 amide bonds. The van der Waals surface area contributed by atoms with Crippen molar-refractivity contribution in [1.82, 2.24) is 29.5 Å². The molecule has 0 saturated carbocycles. The molecule has 4 heterocycles. The molecule has 0 aliphatic carbocycles. The Bertz CT molecular complexity index is 1580. The van der Waals surface area contributed by atoms with Gasteiger partial charge in [0.15, 0.2) is 5.82 Å². The van der Waals surface area contributed by atoms with Crippen molar-refractivity contribution in [3.8, 4) is 11.5 Å². The number of hydrogen-bond acceptors (Lipinski definition) is 9. The molecule has 1 fully saturated rings. The standard InChI is InChI=1S/C27H28N8O2/c1-17-11-18(6-9-24(17)37-19-7-8-23-21(12-19)31-16-34(23)2)32-26-25-22(29-15-30-26)13-28-27(33-25)35-10-4-5-20(14-35)36-3/h6-9,11-13,15-16,20H,4-5,10,14H2,1-3H3,(H,29,30,32). The van der Waals surface area contributed by atoms with Gasteiger partial charge < -0.3 is 24.3 Å². The highest BCUT2D eigenvalue weighted by molar-refractivity contribution is 5.87. The number of anilines is 3. The molecule has 1 N–H and O–H groups in total. The third-order valence-corrected chi connectivity index (χ3v) is 6.72. The number of methoxy groups -OCH3 is 1. The first-order chi connectivity index (χ1) is 18.1. The monoisotopic (exact) mass is 496 g/mol. The molecule has 1 saturated heterocycles. The van der Waals surface area contributed by atoms with E-state index in [1.807, 2.05) is 54.9 Å². The van der Waals surface area contributed by atoms with Gasteiger partial charge >= 0.3 is 0 Å². The van der Waals surface area contributed by atoms with Crippen LogP contribution in [-0.2, 0) is 11.8 Å². The summed E-state index contributed by atoms with van der Waals surface area (Å²) in [5, 5.41) is 3.40. The highest BCUT2D eigenvalue weighted by atomic mass is 16.5. The second kappa shape index (κ2) is 9.62. The minimum Gasteiger partial charge on any atom is -0.457 e. The lowest BCUT2D eigenvalue weighted by Crippen LogP contribution is -2.40. The number of benzene rings is 2. The van der Waals surface area contributed by atoms with E-state index in [1.165, 1.54) is 6.33 Å². The number of hydrogen-bond donors (Lipinski definition) is 1. The Kier molecular flexibility index (Phi) is 6.01. The maximum Gasteiger partial charge on any atom is 0.226 e. The Morgan fingerprint density at radius 2 is 1.95 bits per heavy atom. The van der Waals surface area contributed by atoms with Crippen LogP contribution in [0.3, 0.4) is 0 Å². The summed E-state index contributed by atoms with van der Waals surface area (Å²) in [4.78, 5) is 24.8. The van der Waals surface area contributed by atoms with Gasteiger partial charge in [-0.15, -0.1) is 0 Å². The second-order valence-electron chi connectivity index (χ2n) is 9.29. The summed E-state index contributed by atoms with van der Waals surface area (Å²) in [6.07, 6.45) is 7.35. The number of nitrogens with zero attached hydrogens (tertiary/aromatic N) is 7. The smallest absolute Gasteiger partial charge is 0.226 e. The van der Waals surface area contributed by atoms with E-state index < -0.39 is 0 Å². The Morgan fingerprint density at radius 3 is 2.81 bits per heavy atom. The average molecular weight is 497 g/mol. The van der Waals surface area contributed by atoms with Crippen LogP contribution in [0.25, 0.3) is 22.1 Å². The van der Waals surface area contributed by atoms with Gasteiger partial charge in [0.05, 0.1) is 29.7 Å². The number of ether oxygens (including phenoxy) is 2. The lowest BCUT2D eigenvalue weighted by atomic mass is 10.1. The fourth-order valence-electron chi connectivity index (χ4n) is 4.69. The summed E-state index contributed by atoms with van der Waals surface area (Å²) in [7, 11) is 3.73. The number of aryl methyl sites for hydroxylation is 2. The predicted molar refractivity (Wildman–Crippen MR) is 143 cm³/mol. The minimum absolute atomic E-state index is 0.187. The van der Waals surface area contributed by atoms with Crippen LogP contribution in [0.15, 0.2) is 55.2 Å². The fraction of sp³-hybridized carbons (Fsp3) is 0.296. The van der Waals surface area contributed by atoms with Crippen LogP contribution in [0.5, 0.6) is 11.5 Å². The van der Waals surface area contributed by atoms with Gasteiger partial charge in [0, 0.05) is 39.0 Å². The molecule has 0 bridgehead atoms. The van der Waals surface area contributed by atoms with Crippen molar-refractivity contribution in [2.24, 2.45) is 7.05 Å². The molecule has 3 aromatic heterocycles.